The van der Waals surface area contributed by atoms with Crippen LogP contribution in [0, 0.1) is 5.92 Å². The largest absolute Gasteiger partial charge is 0.490 e. The number of rotatable bonds is 8. The lowest BCUT2D eigenvalue weighted by atomic mass is 9.86. The van der Waals surface area contributed by atoms with Crippen molar-refractivity contribution in [3.8, 4) is 11.5 Å². The molecule has 2 N–H and O–H groups in total. The maximum atomic E-state index is 12.5. The molecule has 0 radical (unpaired) electrons. The molecule has 0 unspecified atom stereocenters. The molecule has 6 nitrogen and oxygen atoms in total. The van der Waals surface area contributed by atoms with Crippen LogP contribution in [0.2, 0.25) is 0 Å². The molecule has 0 bridgehead atoms. The number of benzene rings is 1. The molecule has 1 aliphatic carbocycles. The van der Waals surface area contributed by atoms with Gasteiger partial charge in [0.25, 0.3) is 5.91 Å². The number of hydrogen-bond donors (Lipinski definition) is 2. The minimum Gasteiger partial charge on any atom is -0.490 e. The first-order valence-corrected chi connectivity index (χ1v) is 8.98. The number of carboxylic acid groups (broad SMARTS) is 1. The standard InChI is InChI=1S/C19H27NO5/c1-3-11-25-16-10-7-14(12-17(16)24-4-2)18(21)20-15-8-5-13(6-9-15)19(22)23/h7,10,12-13,15H,3-6,8-9,11H2,1-2H3,(H,20,21)(H,22,23). The fourth-order valence-electron chi connectivity index (χ4n) is 3.00. The van der Waals surface area contributed by atoms with Gasteiger partial charge in [0, 0.05) is 11.6 Å². The van der Waals surface area contributed by atoms with E-state index in [-0.39, 0.29) is 17.9 Å². The quantitative estimate of drug-likeness (QED) is 0.752. The monoisotopic (exact) mass is 349 g/mol. The normalized spacial score (nSPS) is 19.9. The van der Waals surface area contributed by atoms with Gasteiger partial charge in [0.2, 0.25) is 0 Å². The molecule has 0 saturated heterocycles. The Kier molecular flexibility index (Phi) is 7.10. The minimum absolute atomic E-state index is 0.0228. The minimum atomic E-state index is -0.742. The van der Waals surface area contributed by atoms with Crippen LogP contribution in [0.3, 0.4) is 0 Å². The molecule has 6 heteroatoms. The Morgan fingerprint density at radius 1 is 1.12 bits per heavy atom. The molecule has 1 amide bonds. The van der Waals surface area contributed by atoms with Crippen LogP contribution in [0.15, 0.2) is 18.2 Å². The van der Waals surface area contributed by atoms with Crippen molar-refractivity contribution in [2.75, 3.05) is 13.2 Å². The van der Waals surface area contributed by atoms with E-state index >= 15 is 0 Å². The Morgan fingerprint density at radius 2 is 1.84 bits per heavy atom. The molecule has 0 aliphatic heterocycles. The van der Waals surface area contributed by atoms with Gasteiger partial charge in [-0.15, -0.1) is 0 Å². The van der Waals surface area contributed by atoms with Gasteiger partial charge >= 0.3 is 5.97 Å². The number of aliphatic carboxylic acids is 1. The van der Waals surface area contributed by atoms with Crippen molar-refractivity contribution in [3.05, 3.63) is 23.8 Å². The van der Waals surface area contributed by atoms with Gasteiger partial charge in [-0.3, -0.25) is 9.59 Å². The number of carbonyl (C=O) groups excluding carboxylic acids is 1. The second-order valence-corrected chi connectivity index (χ2v) is 6.30. The maximum absolute atomic E-state index is 12.5. The smallest absolute Gasteiger partial charge is 0.306 e. The summed E-state index contributed by atoms with van der Waals surface area (Å²) >= 11 is 0. The predicted molar refractivity (Wildman–Crippen MR) is 94.2 cm³/mol. The van der Waals surface area contributed by atoms with Gasteiger partial charge in [-0.25, -0.2) is 0 Å². The second kappa shape index (κ2) is 9.30. The van der Waals surface area contributed by atoms with Crippen LogP contribution in [0.1, 0.15) is 56.3 Å². The van der Waals surface area contributed by atoms with Crippen LogP contribution in [0.4, 0.5) is 0 Å². The molecular formula is C19H27NO5. The number of hydrogen-bond acceptors (Lipinski definition) is 4. The Bertz CT molecular complexity index is 593. The van der Waals surface area contributed by atoms with Crippen LogP contribution in [0.25, 0.3) is 0 Å². The van der Waals surface area contributed by atoms with Crippen LogP contribution in [-0.2, 0) is 4.79 Å². The number of ether oxygens (including phenoxy) is 2. The first-order chi connectivity index (χ1) is 12.0. The molecule has 1 fully saturated rings. The Labute approximate surface area is 148 Å². The van der Waals surface area contributed by atoms with E-state index in [1.807, 2.05) is 13.8 Å². The highest BCUT2D eigenvalue weighted by atomic mass is 16.5. The van der Waals surface area contributed by atoms with E-state index in [9.17, 15) is 9.59 Å². The van der Waals surface area contributed by atoms with E-state index in [1.54, 1.807) is 18.2 Å². The molecule has 1 aliphatic rings. The average molecular weight is 349 g/mol. The van der Waals surface area contributed by atoms with Crippen LogP contribution < -0.4 is 14.8 Å². The van der Waals surface area contributed by atoms with Crippen LogP contribution in [-0.4, -0.2) is 36.2 Å². The lowest BCUT2D eigenvalue weighted by Gasteiger charge is -2.26. The van der Waals surface area contributed by atoms with Gasteiger partial charge in [-0.05, 0) is 57.2 Å². The topological polar surface area (TPSA) is 84.9 Å². The van der Waals surface area contributed by atoms with Crippen molar-refractivity contribution in [1.29, 1.82) is 0 Å². The van der Waals surface area contributed by atoms with Gasteiger partial charge < -0.3 is 19.9 Å². The lowest BCUT2D eigenvalue weighted by Crippen LogP contribution is -2.38. The zero-order chi connectivity index (χ0) is 18.2. The summed E-state index contributed by atoms with van der Waals surface area (Å²) in [5, 5.41) is 12.0. The number of carbonyl (C=O) groups is 2. The summed E-state index contributed by atoms with van der Waals surface area (Å²) in [5.41, 5.74) is 0.521. The van der Waals surface area contributed by atoms with Gasteiger partial charge in [-0.2, -0.15) is 0 Å². The van der Waals surface area contributed by atoms with E-state index in [0.29, 0.717) is 56.0 Å². The van der Waals surface area contributed by atoms with Crippen molar-refractivity contribution in [1.82, 2.24) is 5.32 Å². The zero-order valence-electron chi connectivity index (χ0n) is 14.9. The van der Waals surface area contributed by atoms with E-state index in [0.717, 1.165) is 6.42 Å². The Morgan fingerprint density at radius 3 is 2.44 bits per heavy atom. The maximum Gasteiger partial charge on any atom is 0.306 e. The van der Waals surface area contributed by atoms with Crippen LogP contribution in [0.5, 0.6) is 11.5 Å². The van der Waals surface area contributed by atoms with E-state index in [1.165, 1.54) is 0 Å². The van der Waals surface area contributed by atoms with Crippen molar-refractivity contribution < 1.29 is 24.2 Å². The third-order valence-electron chi connectivity index (χ3n) is 4.38. The van der Waals surface area contributed by atoms with Crippen LogP contribution >= 0.6 is 0 Å². The van der Waals surface area contributed by atoms with Gasteiger partial charge in [0.1, 0.15) is 0 Å². The molecular weight excluding hydrogens is 322 g/mol. The van der Waals surface area contributed by atoms with Gasteiger partial charge in [0.05, 0.1) is 19.1 Å². The molecule has 25 heavy (non-hydrogen) atoms. The third kappa shape index (κ3) is 5.37. The molecule has 0 spiro atoms. The van der Waals surface area contributed by atoms with Crippen molar-refractivity contribution in [2.45, 2.75) is 52.0 Å². The highest BCUT2D eigenvalue weighted by molar-refractivity contribution is 5.95. The molecule has 0 heterocycles. The predicted octanol–water partition coefficient (Wildman–Crippen LogP) is 3.25. The summed E-state index contributed by atoms with van der Waals surface area (Å²) in [6.07, 6.45) is 3.49. The first-order valence-electron chi connectivity index (χ1n) is 8.98. The SMILES string of the molecule is CCCOc1ccc(C(=O)NC2CCC(C(=O)O)CC2)cc1OCC. The Hall–Kier alpha value is -2.24. The zero-order valence-corrected chi connectivity index (χ0v) is 14.9. The molecule has 1 aromatic rings. The van der Waals surface area contributed by atoms with Crippen molar-refractivity contribution >= 4 is 11.9 Å². The van der Waals surface area contributed by atoms with Crippen molar-refractivity contribution in [2.24, 2.45) is 5.92 Å². The first kappa shape index (κ1) is 19.1. The summed E-state index contributed by atoms with van der Waals surface area (Å²) in [4.78, 5) is 23.5. The fraction of sp³-hybridized carbons (Fsp3) is 0.579. The summed E-state index contributed by atoms with van der Waals surface area (Å²) in [5.74, 6) is 0.0173. The molecule has 1 aromatic carbocycles. The van der Waals surface area contributed by atoms with Crippen molar-refractivity contribution in [3.63, 3.8) is 0 Å². The number of nitrogens with one attached hydrogen (secondary N) is 1. The van der Waals surface area contributed by atoms with E-state index in [2.05, 4.69) is 5.32 Å². The Balaban J connectivity index is 1.99. The van der Waals surface area contributed by atoms with Gasteiger partial charge in [0.15, 0.2) is 11.5 Å². The summed E-state index contributed by atoms with van der Waals surface area (Å²) in [6, 6.07) is 5.21. The van der Waals surface area contributed by atoms with Gasteiger partial charge in [-0.1, -0.05) is 6.92 Å². The molecule has 1 saturated carbocycles. The molecule has 138 valence electrons. The summed E-state index contributed by atoms with van der Waals surface area (Å²) < 4.78 is 11.2. The summed E-state index contributed by atoms with van der Waals surface area (Å²) in [7, 11) is 0. The average Bonchev–Trinajstić information content (AvgIpc) is 2.61. The summed E-state index contributed by atoms with van der Waals surface area (Å²) in [6.45, 7) is 5.00. The number of carboxylic acids is 1. The number of amides is 1. The highest BCUT2D eigenvalue weighted by Gasteiger charge is 2.27. The molecule has 0 aromatic heterocycles. The molecule has 0 atom stereocenters. The highest BCUT2D eigenvalue weighted by Crippen LogP contribution is 2.29. The fourth-order valence-corrected chi connectivity index (χ4v) is 3.00. The third-order valence-corrected chi connectivity index (χ3v) is 4.38. The second-order valence-electron chi connectivity index (χ2n) is 6.30. The molecule has 2 rings (SSSR count). The van der Waals surface area contributed by atoms with E-state index in [4.69, 9.17) is 14.6 Å². The lowest BCUT2D eigenvalue weighted by molar-refractivity contribution is -0.142. The van der Waals surface area contributed by atoms with E-state index < -0.39 is 5.97 Å².